The molecule has 0 bridgehead atoms. The Labute approximate surface area is 98.0 Å². The van der Waals surface area contributed by atoms with E-state index in [2.05, 4.69) is 4.98 Å². The van der Waals surface area contributed by atoms with Crippen LogP contribution in [0, 0.1) is 0 Å². The van der Waals surface area contributed by atoms with Crippen LogP contribution in [0.4, 0.5) is 0 Å². The van der Waals surface area contributed by atoms with Crippen molar-refractivity contribution < 1.29 is 19.4 Å². The molecule has 2 rings (SSSR count). The average molecular weight is 235 g/mol. The number of ether oxygens (including phenoxy) is 2. The van der Waals surface area contributed by atoms with Gasteiger partial charge < -0.3 is 19.6 Å². The Morgan fingerprint density at radius 2 is 1.88 bits per heavy atom. The van der Waals surface area contributed by atoms with Gasteiger partial charge >= 0.3 is 0 Å². The zero-order valence-corrected chi connectivity index (χ0v) is 9.83. The number of H-pyrrole nitrogens is 1. The number of phenolic OH excluding ortho intramolecular Hbond substituents is 1. The number of aromatic amines is 1. The van der Waals surface area contributed by atoms with Crippen molar-refractivity contribution in [3.8, 4) is 17.2 Å². The predicted molar refractivity (Wildman–Crippen MR) is 63.1 cm³/mol. The van der Waals surface area contributed by atoms with Crippen LogP contribution in [0.25, 0.3) is 10.9 Å². The minimum Gasteiger partial charge on any atom is -0.504 e. The van der Waals surface area contributed by atoms with E-state index in [0.29, 0.717) is 22.3 Å². The number of benzene rings is 1. The summed E-state index contributed by atoms with van der Waals surface area (Å²) in [6.45, 7) is 1.47. The van der Waals surface area contributed by atoms with E-state index in [-0.39, 0.29) is 17.3 Å². The van der Waals surface area contributed by atoms with Crippen molar-refractivity contribution in [1.82, 2.24) is 4.98 Å². The number of hydrogen-bond acceptors (Lipinski definition) is 4. The maximum Gasteiger partial charge on any atom is 0.205 e. The van der Waals surface area contributed by atoms with E-state index in [4.69, 9.17) is 9.47 Å². The second-order valence-corrected chi connectivity index (χ2v) is 3.67. The third-order valence-corrected chi connectivity index (χ3v) is 2.59. The van der Waals surface area contributed by atoms with Crippen molar-refractivity contribution in [2.24, 2.45) is 0 Å². The minimum atomic E-state index is -0.0818. The lowest BCUT2D eigenvalue weighted by Crippen LogP contribution is -1.93. The van der Waals surface area contributed by atoms with Crippen LogP contribution in [0.5, 0.6) is 17.2 Å². The molecule has 90 valence electrons. The van der Waals surface area contributed by atoms with Crippen LogP contribution in [0.1, 0.15) is 17.4 Å². The second-order valence-electron chi connectivity index (χ2n) is 3.67. The lowest BCUT2D eigenvalue weighted by Gasteiger charge is -2.09. The Morgan fingerprint density at radius 1 is 1.24 bits per heavy atom. The molecule has 1 heterocycles. The first kappa shape index (κ1) is 11.3. The molecule has 0 atom stereocenters. The van der Waals surface area contributed by atoms with Crippen LogP contribution < -0.4 is 9.47 Å². The highest BCUT2D eigenvalue weighted by atomic mass is 16.5. The van der Waals surface area contributed by atoms with Crippen molar-refractivity contribution in [3.05, 3.63) is 17.8 Å². The molecule has 0 unspecified atom stereocenters. The lowest BCUT2D eigenvalue weighted by atomic mass is 10.2. The van der Waals surface area contributed by atoms with Gasteiger partial charge in [-0.1, -0.05) is 0 Å². The standard InChI is InChI=1S/C12H13NO4/c1-6(14)8-4-7-5-9(15)11(16-2)12(17-3)10(7)13-8/h4-5,13,15H,1-3H3. The normalized spacial score (nSPS) is 10.5. The van der Waals surface area contributed by atoms with E-state index < -0.39 is 0 Å². The summed E-state index contributed by atoms with van der Waals surface area (Å²) in [6, 6.07) is 3.19. The molecule has 0 saturated heterocycles. The number of carbonyl (C=O) groups is 1. The Hall–Kier alpha value is -2.17. The van der Waals surface area contributed by atoms with Crippen molar-refractivity contribution in [2.75, 3.05) is 14.2 Å². The smallest absolute Gasteiger partial charge is 0.205 e. The Morgan fingerprint density at radius 3 is 2.41 bits per heavy atom. The van der Waals surface area contributed by atoms with E-state index in [1.54, 1.807) is 6.07 Å². The number of aromatic hydroxyl groups is 1. The number of phenols is 1. The van der Waals surface area contributed by atoms with Gasteiger partial charge in [-0.3, -0.25) is 4.79 Å². The van der Waals surface area contributed by atoms with Gasteiger partial charge in [-0.25, -0.2) is 0 Å². The summed E-state index contributed by atoms with van der Waals surface area (Å²) in [5.74, 6) is 0.527. The molecule has 0 radical (unpaired) electrons. The van der Waals surface area contributed by atoms with Crippen LogP contribution in [-0.2, 0) is 0 Å². The maximum atomic E-state index is 11.3. The fourth-order valence-electron chi connectivity index (χ4n) is 1.80. The highest BCUT2D eigenvalue weighted by Crippen LogP contribution is 2.42. The molecule has 2 aromatic rings. The van der Waals surface area contributed by atoms with Crippen molar-refractivity contribution in [1.29, 1.82) is 0 Å². The summed E-state index contributed by atoms with van der Waals surface area (Å²) < 4.78 is 10.3. The number of rotatable bonds is 3. The molecular formula is C12H13NO4. The van der Waals surface area contributed by atoms with Crippen LogP contribution >= 0.6 is 0 Å². The molecule has 1 aromatic heterocycles. The van der Waals surface area contributed by atoms with E-state index in [1.165, 1.54) is 27.2 Å². The molecule has 0 fully saturated rings. The van der Waals surface area contributed by atoms with Gasteiger partial charge in [-0.2, -0.15) is 0 Å². The molecular weight excluding hydrogens is 222 g/mol. The van der Waals surface area contributed by atoms with Crippen LogP contribution in [0.3, 0.4) is 0 Å². The van der Waals surface area contributed by atoms with Gasteiger partial charge in [-0.05, 0) is 12.1 Å². The fourth-order valence-corrected chi connectivity index (χ4v) is 1.80. The molecule has 5 nitrogen and oxygen atoms in total. The quantitative estimate of drug-likeness (QED) is 0.799. The van der Waals surface area contributed by atoms with Gasteiger partial charge in [0.2, 0.25) is 5.75 Å². The average Bonchev–Trinajstić information content (AvgIpc) is 2.70. The number of methoxy groups -OCH3 is 2. The third kappa shape index (κ3) is 1.69. The number of carbonyl (C=O) groups excluding carboxylic acids is 1. The van der Waals surface area contributed by atoms with Gasteiger partial charge in [-0.15, -0.1) is 0 Å². The SMILES string of the molecule is COc1c(O)cc2cc(C(C)=O)[nH]c2c1OC. The molecule has 0 saturated carbocycles. The number of ketones is 1. The van der Waals surface area contributed by atoms with E-state index >= 15 is 0 Å². The predicted octanol–water partition coefficient (Wildman–Crippen LogP) is 2.09. The lowest BCUT2D eigenvalue weighted by molar-refractivity contribution is 0.101. The first-order valence-corrected chi connectivity index (χ1v) is 5.06. The summed E-state index contributed by atoms with van der Waals surface area (Å²) in [7, 11) is 2.92. The zero-order valence-electron chi connectivity index (χ0n) is 9.83. The number of fused-ring (bicyclic) bond motifs is 1. The summed E-state index contributed by atoms with van der Waals surface area (Å²) in [5, 5.41) is 10.5. The first-order valence-electron chi connectivity index (χ1n) is 5.06. The van der Waals surface area contributed by atoms with Crippen molar-refractivity contribution in [3.63, 3.8) is 0 Å². The van der Waals surface area contributed by atoms with Crippen LogP contribution in [0.15, 0.2) is 12.1 Å². The Kier molecular flexibility index (Phi) is 2.67. The molecule has 1 aromatic carbocycles. The molecule has 2 N–H and O–H groups in total. The maximum absolute atomic E-state index is 11.3. The van der Waals surface area contributed by atoms with E-state index in [9.17, 15) is 9.90 Å². The molecule has 5 heteroatoms. The summed E-state index contributed by atoms with van der Waals surface area (Å²) in [4.78, 5) is 14.2. The van der Waals surface area contributed by atoms with Crippen LogP contribution in [0.2, 0.25) is 0 Å². The Bertz CT molecular complexity index is 586. The summed E-state index contributed by atoms with van der Waals surface area (Å²) >= 11 is 0. The van der Waals surface area contributed by atoms with Gasteiger partial charge in [0.25, 0.3) is 0 Å². The highest BCUT2D eigenvalue weighted by molar-refractivity contribution is 6.00. The highest BCUT2D eigenvalue weighted by Gasteiger charge is 2.17. The molecule has 0 amide bonds. The topological polar surface area (TPSA) is 71.5 Å². The first-order chi connectivity index (χ1) is 8.08. The van der Waals surface area contributed by atoms with Gasteiger partial charge in [0, 0.05) is 12.3 Å². The van der Waals surface area contributed by atoms with Gasteiger partial charge in [0.15, 0.2) is 17.3 Å². The fraction of sp³-hybridized carbons (Fsp3) is 0.250. The largest absolute Gasteiger partial charge is 0.504 e. The number of aromatic nitrogens is 1. The van der Waals surface area contributed by atoms with Crippen LogP contribution in [-0.4, -0.2) is 30.1 Å². The molecule has 0 spiro atoms. The van der Waals surface area contributed by atoms with E-state index in [0.717, 1.165) is 0 Å². The second kappa shape index (κ2) is 4.01. The van der Waals surface area contributed by atoms with Gasteiger partial charge in [0.1, 0.15) is 0 Å². The van der Waals surface area contributed by atoms with Crippen molar-refractivity contribution >= 4 is 16.7 Å². The molecule has 0 aliphatic carbocycles. The Balaban J connectivity index is 2.79. The summed E-state index contributed by atoms with van der Waals surface area (Å²) in [5.41, 5.74) is 1.10. The van der Waals surface area contributed by atoms with E-state index in [1.807, 2.05) is 0 Å². The number of nitrogens with one attached hydrogen (secondary N) is 1. The van der Waals surface area contributed by atoms with Gasteiger partial charge in [0.05, 0.1) is 25.4 Å². The summed E-state index contributed by atoms with van der Waals surface area (Å²) in [6.07, 6.45) is 0. The zero-order chi connectivity index (χ0) is 12.6. The monoisotopic (exact) mass is 235 g/mol. The molecule has 17 heavy (non-hydrogen) atoms. The molecule has 0 aliphatic heterocycles. The third-order valence-electron chi connectivity index (χ3n) is 2.59. The molecule has 0 aliphatic rings. The number of hydrogen-bond donors (Lipinski definition) is 2. The van der Waals surface area contributed by atoms with Crippen molar-refractivity contribution in [2.45, 2.75) is 6.92 Å². The number of Topliss-reactive ketones (excluding diaryl/α,β-unsaturated/α-hetero) is 1. The minimum absolute atomic E-state index is 0.0223.